The molecule has 0 bridgehead atoms. The van der Waals surface area contributed by atoms with Crippen LogP contribution in [0.1, 0.15) is 31.4 Å². The molecule has 1 fully saturated rings. The first kappa shape index (κ1) is 12.5. The molecular formula is C14H21FN2. The fourth-order valence-corrected chi connectivity index (χ4v) is 2.31. The molecule has 0 aromatic heterocycles. The van der Waals surface area contributed by atoms with Gasteiger partial charge in [0.05, 0.1) is 0 Å². The van der Waals surface area contributed by atoms with Crippen molar-refractivity contribution < 1.29 is 4.39 Å². The van der Waals surface area contributed by atoms with E-state index >= 15 is 0 Å². The van der Waals surface area contributed by atoms with E-state index in [4.69, 9.17) is 0 Å². The van der Waals surface area contributed by atoms with Crippen LogP contribution in [0.4, 0.5) is 4.39 Å². The summed E-state index contributed by atoms with van der Waals surface area (Å²) < 4.78 is 12.8. The highest BCUT2D eigenvalue weighted by Gasteiger charge is 2.11. The first-order valence-electron chi connectivity index (χ1n) is 6.47. The van der Waals surface area contributed by atoms with E-state index in [1.807, 2.05) is 12.1 Å². The van der Waals surface area contributed by atoms with E-state index in [1.54, 1.807) is 0 Å². The molecule has 0 amide bonds. The molecule has 0 saturated carbocycles. The Kier molecular flexibility index (Phi) is 4.51. The van der Waals surface area contributed by atoms with Crippen LogP contribution in [-0.4, -0.2) is 31.1 Å². The maximum Gasteiger partial charge on any atom is 0.123 e. The van der Waals surface area contributed by atoms with Gasteiger partial charge in [-0.3, -0.25) is 0 Å². The zero-order chi connectivity index (χ0) is 12.1. The molecule has 94 valence electrons. The van der Waals surface area contributed by atoms with Gasteiger partial charge in [-0.2, -0.15) is 0 Å². The van der Waals surface area contributed by atoms with Crippen LogP contribution in [0.2, 0.25) is 0 Å². The van der Waals surface area contributed by atoms with Gasteiger partial charge in [0.25, 0.3) is 0 Å². The van der Waals surface area contributed by atoms with E-state index in [9.17, 15) is 4.39 Å². The summed E-state index contributed by atoms with van der Waals surface area (Å²) >= 11 is 0. The highest BCUT2D eigenvalue weighted by atomic mass is 19.1. The van der Waals surface area contributed by atoms with Gasteiger partial charge in [-0.25, -0.2) is 4.39 Å². The molecule has 2 rings (SSSR count). The number of hydrogen-bond donors (Lipinski definition) is 1. The Hall–Kier alpha value is -0.930. The van der Waals surface area contributed by atoms with Gasteiger partial charge in [-0.15, -0.1) is 0 Å². The second-order valence-electron chi connectivity index (χ2n) is 4.78. The first-order chi connectivity index (χ1) is 8.25. The smallest absolute Gasteiger partial charge is 0.123 e. The van der Waals surface area contributed by atoms with Gasteiger partial charge in [-0.1, -0.05) is 12.1 Å². The molecular weight excluding hydrogens is 215 g/mol. The van der Waals surface area contributed by atoms with Crippen molar-refractivity contribution in [1.29, 1.82) is 0 Å². The third-order valence-corrected chi connectivity index (χ3v) is 3.45. The van der Waals surface area contributed by atoms with Crippen molar-refractivity contribution in [1.82, 2.24) is 10.2 Å². The topological polar surface area (TPSA) is 15.3 Å². The van der Waals surface area contributed by atoms with E-state index in [-0.39, 0.29) is 5.82 Å². The second kappa shape index (κ2) is 6.12. The van der Waals surface area contributed by atoms with Gasteiger partial charge in [0.15, 0.2) is 0 Å². The number of likely N-dealkylation sites (tertiary alicyclic amines) is 1. The summed E-state index contributed by atoms with van der Waals surface area (Å²) in [5, 5.41) is 3.48. The van der Waals surface area contributed by atoms with Crippen molar-refractivity contribution in [3.8, 4) is 0 Å². The zero-order valence-corrected chi connectivity index (χ0v) is 10.5. The molecule has 1 saturated heterocycles. The van der Waals surface area contributed by atoms with Crippen molar-refractivity contribution in [3.05, 3.63) is 35.6 Å². The average molecular weight is 236 g/mol. The Morgan fingerprint density at radius 3 is 2.53 bits per heavy atom. The van der Waals surface area contributed by atoms with Crippen molar-refractivity contribution >= 4 is 0 Å². The first-order valence-corrected chi connectivity index (χ1v) is 6.47. The van der Waals surface area contributed by atoms with Gasteiger partial charge in [-0.05, 0) is 50.6 Å². The normalized spacial score (nSPS) is 18.5. The van der Waals surface area contributed by atoms with Crippen molar-refractivity contribution in [2.45, 2.75) is 25.8 Å². The predicted octanol–water partition coefficient (Wildman–Crippen LogP) is 2.57. The Balaban J connectivity index is 1.72. The van der Waals surface area contributed by atoms with Crippen LogP contribution in [0.3, 0.4) is 0 Å². The minimum atomic E-state index is -0.169. The van der Waals surface area contributed by atoms with E-state index in [1.165, 1.54) is 38.1 Å². The lowest BCUT2D eigenvalue weighted by Gasteiger charge is -2.18. The molecule has 0 spiro atoms. The largest absolute Gasteiger partial charge is 0.309 e. The molecule has 1 atom stereocenters. The molecule has 0 radical (unpaired) electrons. The van der Waals surface area contributed by atoms with Crippen LogP contribution in [-0.2, 0) is 0 Å². The van der Waals surface area contributed by atoms with Crippen LogP contribution in [0.25, 0.3) is 0 Å². The van der Waals surface area contributed by atoms with Crippen LogP contribution in [0.5, 0.6) is 0 Å². The molecule has 1 aromatic rings. The van der Waals surface area contributed by atoms with Crippen molar-refractivity contribution in [2.24, 2.45) is 0 Å². The summed E-state index contributed by atoms with van der Waals surface area (Å²) in [6, 6.07) is 7.03. The predicted molar refractivity (Wildman–Crippen MR) is 68.5 cm³/mol. The van der Waals surface area contributed by atoms with Gasteiger partial charge in [0, 0.05) is 19.1 Å². The SMILES string of the molecule is C[C@@H](NCCN1CCCC1)c1ccc(F)cc1. The maximum atomic E-state index is 12.8. The standard InChI is InChI=1S/C14H21FN2/c1-12(13-4-6-14(15)7-5-13)16-8-11-17-9-2-3-10-17/h4-7,12,16H,2-3,8-11H2,1H3/t12-/m1/s1. The lowest BCUT2D eigenvalue weighted by molar-refractivity contribution is 0.330. The van der Waals surface area contributed by atoms with Crippen molar-refractivity contribution in [3.63, 3.8) is 0 Å². The molecule has 3 heteroatoms. The number of nitrogens with one attached hydrogen (secondary N) is 1. The summed E-state index contributed by atoms with van der Waals surface area (Å²) in [6.07, 6.45) is 2.68. The highest BCUT2D eigenvalue weighted by Crippen LogP contribution is 2.12. The molecule has 1 heterocycles. The number of hydrogen-bond acceptors (Lipinski definition) is 2. The zero-order valence-electron chi connectivity index (χ0n) is 10.5. The maximum absolute atomic E-state index is 12.8. The second-order valence-corrected chi connectivity index (χ2v) is 4.78. The number of nitrogens with zero attached hydrogens (tertiary/aromatic N) is 1. The molecule has 1 aliphatic rings. The monoisotopic (exact) mass is 236 g/mol. The van der Waals surface area contributed by atoms with Crippen LogP contribution >= 0.6 is 0 Å². The highest BCUT2D eigenvalue weighted by molar-refractivity contribution is 5.19. The Labute approximate surface area is 103 Å². The molecule has 1 N–H and O–H groups in total. The lowest BCUT2D eigenvalue weighted by atomic mass is 10.1. The quantitative estimate of drug-likeness (QED) is 0.845. The fourth-order valence-electron chi connectivity index (χ4n) is 2.31. The van der Waals surface area contributed by atoms with E-state index in [2.05, 4.69) is 17.1 Å². The van der Waals surface area contributed by atoms with E-state index < -0.39 is 0 Å². The Bertz CT molecular complexity index is 331. The Morgan fingerprint density at radius 1 is 1.24 bits per heavy atom. The molecule has 17 heavy (non-hydrogen) atoms. The van der Waals surface area contributed by atoms with Gasteiger partial charge < -0.3 is 10.2 Å². The van der Waals surface area contributed by atoms with Crippen LogP contribution in [0, 0.1) is 5.82 Å². The minimum Gasteiger partial charge on any atom is -0.309 e. The molecule has 2 nitrogen and oxygen atoms in total. The summed E-state index contributed by atoms with van der Waals surface area (Å²) in [4.78, 5) is 2.49. The molecule has 1 aromatic carbocycles. The third-order valence-electron chi connectivity index (χ3n) is 3.45. The number of halogens is 1. The van der Waals surface area contributed by atoms with E-state index in [0.717, 1.165) is 18.7 Å². The average Bonchev–Trinajstić information content (AvgIpc) is 2.83. The molecule has 0 unspecified atom stereocenters. The summed E-state index contributed by atoms with van der Waals surface area (Å²) in [5.74, 6) is -0.169. The summed E-state index contributed by atoms with van der Waals surface area (Å²) in [6.45, 7) is 6.72. The fraction of sp³-hybridized carbons (Fsp3) is 0.571. The molecule has 0 aliphatic carbocycles. The van der Waals surface area contributed by atoms with Crippen LogP contribution in [0.15, 0.2) is 24.3 Å². The third kappa shape index (κ3) is 3.79. The van der Waals surface area contributed by atoms with Gasteiger partial charge in [0.2, 0.25) is 0 Å². The lowest BCUT2D eigenvalue weighted by Crippen LogP contribution is -2.31. The number of rotatable bonds is 5. The van der Waals surface area contributed by atoms with E-state index in [0.29, 0.717) is 6.04 Å². The van der Waals surface area contributed by atoms with Crippen molar-refractivity contribution in [2.75, 3.05) is 26.2 Å². The minimum absolute atomic E-state index is 0.169. The van der Waals surface area contributed by atoms with Gasteiger partial charge in [0.1, 0.15) is 5.82 Å². The number of benzene rings is 1. The van der Waals surface area contributed by atoms with Crippen LogP contribution < -0.4 is 5.32 Å². The molecule has 1 aliphatic heterocycles. The summed E-state index contributed by atoms with van der Waals surface area (Å²) in [7, 11) is 0. The van der Waals surface area contributed by atoms with Gasteiger partial charge >= 0.3 is 0 Å². The summed E-state index contributed by atoms with van der Waals surface area (Å²) in [5.41, 5.74) is 1.15. The Morgan fingerprint density at radius 2 is 1.88 bits per heavy atom.